The lowest BCUT2D eigenvalue weighted by Crippen LogP contribution is -2.23. The lowest BCUT2D eigenvalue weighted by atomic mass is 10.1. The summed E-state index contributed by atoms with van der Waals surface area (Å²) in [5.41, 5.74) is 5.16. The second-order valence-corrected chi connectivity index (χ2v) is 8.03. The van der Waals surface area contributed by atoms with Crippen molar-refractivity contribution in [2.75, 3.05) is 13.1 Å². The fourth-order valence-electron chi connectivity index (χ4n) is 4.25. The van der Waals surface area contributed by atoms with Gasteiger partial charge in [-0.25, -0.2) is 5.10 Å². The predicted octanol–water partition coefficient (Wildman–Crippen LogP) is 4.36. The van der Waals surface area contributed by atoms with Crippen LogP contribution in [0.4, 0.5) is 0 Å². The van der Waals surface area contributed by atoms with Crippen molar-refractivity contribution >= 4 is 10.9 Å². The zero-order valence-electron chi connectivity index (χ0n) is 16.9. The molecule has 4 heterocycles. The van der Waals surface area contributed by atoms with Crippen molar-refractivity contribution in [3.05, 3.63) is 70.8 Å². The first-order chi connectivity index (χ1) is 14.8. The van der Waals surface area contributed by atoms with Crippen LogP contribution in [0.5, 0.6) is 0 Å². The molecule has 0 bridgehead atoms. The molecule has 1 aromatic carbocycles. The summed E-state index contributed by atoms with van der Waals surface area (Å²) in [4.78, 5) is 22.5. The van der Waals surface area contributed by atoms with E-state index in [-0.39, 0.29) is 5.56 Å². The van der Waals surface area contributed by atoms with Crippen molar-refractivity contribution in [3.63, 3.8) is 0 Å². The molecule has 4 aromatic rings. The number of aromatic nitrogens is 4. The van der Waals surface area contributed by atoms with Crippen molar-refractivity contribution in [2.24, 2.45) is 0 Å². The van der Waals surface area contributed by atoms with Gasteiger partial charge in [0.1, 0.15) is 0 Å². The van der Waals surface area contributed by atoms with Gasteiger partial charge in [-0.2, -0.15) is 5.10 Å². The lowest BCUT2D eigenvalue weighted by molar-refractivity contribution is 0.277. The van der Waals surface area contributed by atoms with Crippen molar-refractivity contribution < 1.29 is 0 Å². The Labute approximate surface area is 175 Å². The lowest BCUT2D eigenvalue weighted by Gasteiger charge is -2.19. The molecule has 0 unspecified atom stereocenters. The molecule has 152 valence electrons. The van der Waals surface area contributed by atoms with Crippen LogP contribution in [-0.2, 0) is 6.54 Å². The van der Waals surface area contributed by atoms with Crippen LogP contribution in [0.15, 0.2) is 59.7 Å². The Kier molecular flexibility index (Phi) is 5.15. The van der Waals surface area contributed by atoms with Crippen molar-refractivity contribution in [3.8, 4) is 22.5 Å². The van der Waals surface area contributed by atoms with E-state index in [9.17, 15) is 4.79 Å². The summed E-state index contributed by atoms with van der Waals surface area (Å²) in [5, 5.41) is 7.94. The molecule has 0 amide bonds. The molecule has 5 rings (SSSR count). The largest absolute Gasteiger partial charge is 0.354 e. The van der Waals surface area contributed by atoms with Gasteiger partial charge in [-0.1, -0.05) is 18.9 Å². The van der Waals surface area contributed by atoms with Gasteiger partial charge in [-0.15, -0.1) is 0 Å². The third-order valence-electron chi connectivity index (χ3n) is 5.86. The predicted molar refractivity (Wildman–Crippen MR) is 119 cm³/mol. The minimum absolute atomic E-state index is 0.204. The molecular formula is C24H25N5O. The van der Waals surface area contributed by atoms with Crippen LogP contribution < -0.4 is 5.56 Å². The zero-order chi connectivity index (χ0) is 20.3. The molecule has 1 fully saturated rings. The van der Waals surface area contributed by atoms with Crippen LogP contribution in [0.2, 0.25) is 0 Å². The van der Waals surface area contributed by atoms with Crippen LogP contribution >= 0.6 is 0 Å². The van der Waals surface area contributed by atoms with Crippen LogP contribution in [0, 0.1) is 0 Å². The molecule has 0 atom stereocenters. The summed E-state index contributed by atoms with van der Waals surface area (Å²) in [6.07, 6.45) is 8.72. The average Bonchev–Trinajstić information content (AvgIpc) is 3.02. The van der Waals surface area contributed by atoms with Gasteiger partial charge in [0.15, 0.2) is 0 Å². The summed E-state index contributed by atoms with van der Waals surface area (Å²) in [6, 6.07) is 14.2. The molecular weight excluding hydrogens is 374 g/mol. The van der Waals surface area contributed by atoms with Crippen LogP contribution in [0.1, 0.15) is 31.2 Å². The second kappa shape index (κ2) is 8.24. The Bertz CT molecular complexity index is 1200. The molecule has 6 heteroatoms. The van der Waals surface area contributed by atoms with E-state index in [0.717, 1.165) is 28.7 Å². The Morgan fingerprint density at radius 2 is 1.73 bits per heavy atom. The van der Waals surface area contributed by atoms with Crippen LogP contribution in [0.3, 0.4) is 0 Å². The Morgan fingerprint density at radius 3 is 2.53 bits per heavy atom. The van der Waals surface area contributed by atoms with E-state index in [4.69, 9.17) is 0 Å². The molecule has 1 aliphatic rings. The maximum atomic E-state index is 12.5. The molecule has 0 spiro atoms. The highest BCUT2D eigenvalue weighted by atomic mass is 16.1. The van der Waals surface area contributed by atoms with E-state index >= 15 is 0 Å². The third-order valence-corrected chi connectivity index (χ3v) is 5.86. The first-order valence-electron chi connectivity index (χ1n) is 10.6. The minimum Gasteiger partial charge on any atom is -0.354 e. The van der Waals surface area contributed by atoms with Gasteiger partial charge in [0.2, 0.25) is 0 Å². The van der Waals surface area contributed by atoms with Gasteiger partial charge in [-0.05, 0) is 67.9 Å². The van der Waals surface area contributed by atoms with Crippen LogP contribution in [-0.4, -0.2) is 38.2 Å². The van der Waals surface area contributed by atoms with E-state index in [0.29, 0.717) is 11.3 Å². The number of benzene rings is 1. The Morgan fingerprint density at radius 1 is 0.933 bits per heavy atom. The van der Waals surface area contributed by atoms with Crippen LogP contribution in [0.25, 0.3) is 33.4 Å². The van der Waals surface area contributed by atoms with Crippen molar-refractivity contribution in [2.45, 2.75) is 32.2 Å². The highest BCUT2D eigenvalue weighted by Crippen LogP contribution is 2.26. The van der Waals surface area contributed by atoms with E-state index < -0.39 is 0 Å². The summed E-state index contributed by atoms with van der Waals surface area (Å²) < 4.78 is 0. The quantitative estimate of drug-likeness (QED) is 0.535. The molecule has 0 aliphatic carbocycles. The highest BCUT2D eigenvalue weighted by Gasteiger charge is 2.13. The topological polar surface area (TPSA) is 77.7 Å². The van der Waals surface area contributed by atoms with Gasteiger partial charge in [0.05, 0.1) is 17.0 Å². The van der Waals surface area contributed by atoms with Gasteiger partial charge in [0, 0.05) is 35.4 Å². The number of pyridine rings is 1. The van der Waals surface area contributed by atoms with Crippen molar-refractivity contribution in [1.29, 1.82) is 0 Å². The summed E-state index contributed by atoms with van der Waals surface area (Å²) in [6.45, 7) is 3.35. The number of likely N-dealkylation sites (tertiary alicyclic amines) is 1. The van der Waals surface area contributed by atoms with E-state index in [1.165, 1.54) is 44.3 Å². The highest BCUT2D eigenvalue weighted by molar-refractivity contribution is 5.86. The van der Waals surface area contributed by atoms with Gasteiger partial charge in [-0.3, -0.25) is 14.7 Å². The van der Waals surface area contributed by atoms with Gasteiger partial charge >= 0.3 is 0 Å². The number of rotatable bonds is 4. The van der Waals surface area contributed by atoms with E-state index in [1.807, 2.05) is 18.2 Å². The van der Waals surface area contributed by atoms with Crippen molar-refractivity contribution in [1.82, 2.24) is 25.1 Å². The molecule has 6 nitrogen and oxygen atoms in total. The molecule has 0 radical (unpaired) electrons. The second-order valence-electron chi connectivity index (χ2n) is 8.03. The van der Waals surface area contributed by atoms with Gasteiger partial charge in [0.25, 0.3) is 5.56 Å². The molecule has 1 saturated heterocycles. The normalized spacial score (nSPS) is 15.3. The summed E-state index contributed by atoms with van der Waals surface area (Å²) in [5.74, 6) is 0. The molecule has 3 aromatic heterocycles. The number of nitrogens with zero attached hydrogens (tertiary/aromatic N) is 3. The SMILES string of the molecule is O=c1[nH]nc(-c2ccncc2)cc1-c1cc2cc(CN3CCCCCC3)ccc2[nH]1. The average molecular weight is 399 g/mol. The molecule has 1 aliphatic heterocycles. The van der Waals surface area contributed by atoms with Gasteiger partial charge < -0.3 is 4.98 Å². The number of aromatic amines is 2. The third kappa shape index (κ3) is 3.91. The number of H-pyrrole nitrogens is 2. The summed E-state index contributed by atoms with van der Waals surface area (Å²) in [7, 11) is 0. The fourth-order valence-corrected chi connectivity index (χ4v) is 4.25. The maximum absolute atomic E-state index is 12.5. The number of nitrogens with one attached hydrogen (secondary N) is 2. The number of hydrogen-bond acceptors (Lipinski definition) is 4. The van der Waals surface area contributed by atoms with E-state index in [1.54, 1.807) is 12.4 Å². The monoisotopic (exact) mass is 399 g/mol. The minimum atomic E-state index is -0.204. The fraction of sp³-hybridized carbons (Fsp3) is 0.292. The Hall–Kier alpha value is -3.25. The standard InChI is InChI=1S/C24H25N5O/c30-24-20(15-22(27-28-24)18-7-9-25-10-8-18)23-14-19-13-17(5-6-21(19)26-23)16-29-11-3-1-2-4-12-29/h5-10,13-15,26H,1-4,11-12,16H2,(H,28,30). The Balaban J connectivity index is 1.46. The first-order valence-corrected chi connectivity index (χ1v) is 10.6. The zero-order valence-corrected chi connectivity index (χ0v) is 16.9. The first kappa shape index (κ1) is 18.8. The molecule has 0 saturated carbocycles. The number of hydrogen-bond donors (Lipinski definition) is 2. The molecule has 2 N–H and O–H groups in total. The maximum Gasteiger partial charge on any atom is 0.273 e. The smallest absolute Gasteiger partial charge is 0.273 e. The van der Waals surface area contributed by atoms with E-state index in [2.05, 4.69) is 49.3 Å². The molecule has 30 heavy (non-hydrogen) atoms. The number of fused-ring (bicyclic) bond motifs is 1. The summed E-state index contributed by atoms with van der Waals surface area (Å²) >= 11 is 0.